The summed E-state index contributed by atoms with van der Waals surface area (Å²) in [4.78, 5) is 25.4. The molecule has 7 heteroatoms. The zero-order chi connectivity index (χ0) is 14.7. The number of rotatable bonds is 4. The van der Waals surface area contributed by atoms with E-state index in [1.165, 1.54) is 12.1 Å². The predicted molar refractivity (Wildman–Crippen MR) is 66.5 cm³/mol. The van der Waals surface area contributed by atoms with Crippen molar-refractivity contribution in [1.29, 1.82) is 5.26 Å². The molecule has 0 spiro atoms. The van der Waals surface area contributed by atoms with Gasteiger partial charge in [0, 0.05) is 6.07 Å². The van der Waals surface area contributed by atoms with Gasteiger partial charge in [0.2, 0.25) is 0 Å². The summed E-state index contributed by atoms with van der Waals surface area (Å²) in [7, 11) is 0. The maximum atomic E-state index is 11.0. The van der Waals surface area contributed by atoms with Crippen molar-refractivity contribution in [3.05, 3.63) is 35.5 Å². The third kappa shape index (κ3) is 2.49. The second-order valence-electron chi connectivity index (χ2n) is 3.80. The van der Waals surface area contributed by atoms with E-state index in [0.29, 0.717) is 5.39 Å². The van der Waals surface area contributed by atoms with E-state index in [4.69, 9.17) is 20.2 Å². The summed E-state index contributed by atoms with van der Waals surface area (Å²) in [5.41, 5.74) is 0.199. The lowest BCUT2D eigenvalue weighted by Crippen LogP contribution is -2.11. The van der Waals surface area contributed by atoms with E-state index in [1.54, 1.807) is 6.07 Å². The maximum absolute atomic E-state index is 11.0. The van der Waals surface area contributed by atoms with Gasteiger partial charge >= 0.3 is 11.9 Å². The topological polar surface area (TPSA) is 121 Å². The monoisotopic (exact) mass is 272 g/mol. The van der Waals surface area contributed by atoms with Gasteiger partial charge in [-0.2, -0.15) is 5.26 Å². The number of ether oxygens (including phenoxy) is 1. The zero-order valence-electron chi connectivity index (χ0n) is 10.0. The van der Waals surface area contributed by atoms with Gasteiger partial charge in [0.1, 0.15) is 5.75 Å². The van der Waals surface area contributed by atoms with Crippen molar-refractivity contribution in [3.63, 3.8) is 0 Å². The average Bonchev–Trinajstić information content (AvgIpc) is 2.43. The molecule has 0 saturated carbocycles. The van der Waals surface area contributed by atoms with Crippen molar-refractivity contribution in [2.45, 2.75) is 0 Å². The van der Waals surface area contributed by atoms with E-state index in [2.05, 4.69) is 4.98 Å². The van der Waals surface area contributed by atoms with Gasteiger partial charge in [0.25, 0.3) is 0 Å². The Morgan fingerprint density at radius 1 is 1.35 bits per heavy atom. The number of aliphatic carboxylic acids is 1. The van der Waals surface area contributed by atoms with E-state index in [1.807, 2.05) is 6.07 Å². The van der Waals surface area contributed by atoms with Gasteiger partial charge in [-0.1, -0.05) is 6.07 Å². The Labute approximate surface area is 112 Å². The highest BCUT2D eigenvalue weighted by Gasteiger charge is 2.15. The number of aromatic nitrogens is 1. The standard InChI is InChI=1S/C13H8N2O5/c14-5-7-2-1-3-8-12(7)10(20-6-11(16)17)4-9(15-8)13(18)19/h1-4H,6H2,(H,16,17)(H,18,19). The fourth-order valence-electron chi connectivity index (χ4n) is 1.71. The Morgan fingerprint density at radius 3 is 2.70 bits per heavy atom. The number of fused-ring (bicyclic) bond motifs is 1. The van der Waals surface area contributed by atoms with E-state index in [9.17, 15) is 9.59 Å². The number of nitrogens with zero attached hydrogens (tertiary/aromatic N) is 2. The largest absolute Gasteiger partial charge is 0.481 e. The molecule has 0 unspecified atom stereocenters. The van der Waals surface area contributed by atoms with Crippen LogP contribution in [0.1, 0.15) is 16.1 Å². The van der Waals surface area contributed by atoms with Crippen molar-refractivity contribution in [3.8, 4) is 11.8 Å². The third-order valence-electron chi connectivity index (χ3n) is 2.49. The molecule has 1 aromatic heterocycles. The van der Waals surface area contributed by atoms with Crippen LogP contribution < -0.4 is 4.74 Å². The third-order valence-corrected chi connectivity index (χ3v) is 2.49. The summed E-state index contributed by atoms with van der Waals surface area (Å²) in [6.45, 7) is -0.641. The van der Waals surface area contributed by atoms with Gasteiger partial charge in [0.05, 0.1) is 22.5 Å². The number of carbonyl (C=O) groups is 2. The molecule has 0 atom stereocenters. The predicted octanol–water partition coefficient (Wildman–Crippen LogP) is 1.27. The first-order chi connectivity index (χ1) is 9.52. The maximum Gasteiger partial charge on any atom is 0.354 e. The van der Waals surface area contributed by atoms with Crippen LogP contribution in [-0.4, -0.2) is 33.7 Å². The molecular formula is C13H8N2O5. The Balaban J connectivity index is 2.69. The number of carboxylic acids is 2. The van der Waals surface area contributed by atoms with Gasteiger partial charge in [0.15, 0.2) is 12.3 Å². The molecule has 0 aliphatic carbocycles. The Morgan fingerprint density at radius 2 is 2.10 bits per heavy atom. The van der Waals surface area contributed by atoms with E-state index in [-0.39, 0.29) is 22.5 Å². The van der Waals surface area contributed by atoms with Crippen LogP contribution in [0.3, 0.4) is 0 Å². The molecule has 0 radical (unpaired) electrons. The molecule has 0 aliphatic heterocycles. The van der Waals surface area contributed by atoms with Crippen molar-refractivity contribution < 1.29 is 24.5 Å². The van der Waals surface area contributed by atoms with Gasteiger partial charge in [-0.05, 0) is 12.1 Å². The van der Waals surface area contributed by atoms with Crippen molar-refractivity contribution in [2.75, 3.05) is 6.61 Å². The van der Waals surface area contributed by atoms with E-state index >= 15 is 0 Å². The molecule has 0 aliphatic rings. The van der Waals surface area contributed by atoms with Gasteiger partial charge < -0.3 is 14.9 Å². The molecule has 1 heterocycles. The number of benzene rings is 1. The first-order valence-electron chi connectivity index (χ1n) is 5.44. The molecule has 20 heavy (non-hydrogen) atoms. The zero-order valence-corrected chi connectivity index (χ0v) is 10.0. The molecule has 1 aromatic carbocycles. The number of carboxylic acid groups (broad SMARTS) is 2. The minimum Gasteiger partial charge on any atom is -0.481 e. The second kappa shape index (κ2) is 5.24. The van der Waals surface area contributed by atoms with Gasteiger partial charge in [-0.3, -0.25) is 0 Å². The fourth-order valence-corrected chi connectivity index (χ4v) is 1.71. The first kappa shape index (κ1) is 13.3. The molecule has 7 nitrogen and oxygen atoms in total. The highest BCUT2D eigenvalue weighted by Crippen LogP contribution is 2.28. The highest BCUT2D eigenvalue weighted by atomic mass is 16.5. The lowest BCUT2D eigenvalue weighted by atomic mass is 10.1. The molecule has 2 rings (SSSR count). The van der Waals surface area contributed by atoms with Crippen LogP contribution >= 0.6 is 0 Å². The molecule has 0 bridgehead atoms. The van der Waals surface area contributed by atoms with Crippen LogP contribution in [0.25, 0.3) is 10.9 Å². The normalized spacial score (nSPS) is 9.95. The quantitative estimate of drug-likeness (QED) is 0.859. The average molecular weight is 272 g/mol. The summed E-state index contributed by atoms with van der Waals surface area (Å²) in [6, 6.07) is 7.63. The number of pyridine rings is 1. The molecule has 0 saturated heterocycles. The lowest BCUT2D eigenvalue weighted by molar-refractivity contribution is -0.139. The number of nitriles is 1. The summed E-state index contributed by atoms with van der Waals surface area (Å²) < 4.78 is 5.06. The second-order valence-corrected chi connectivity index (χ2v) is 3.80. The van der Waals surface area contributed by atoms with E-state index in [0.717, 1.165) is 6.07 Å². The minimum absolute atomic E-state index is 0.00644. The fraction of sp³-hybridized carbons (Fsp3) is 0.0769. The summed E-state index contributed by atoms with van der Waals surface area (Å²) in [5.74, 6) is -2.47. The molecule has 0 fully saturated rings. The van der Waals surface area contributed by atoms with Gasteiger partial charge in [-0.25, -0.2) is 14.6 Å². The van der Waals surface area contributed by atoms with Crippen LogP contribution in [0.15, 0.2) is 24.3 Å². The Kier molecular flexibility index (Phi) is 3.48. The van der Waals surface area contributed by atoms with Crippen LogP contribution in [-0.2, 0) is 4.79 Å². The van der Waals surface area contributed by atoms with Crippen LogP contribution in [0.2, 0.25) is 0 Å². The molecular weight excluding hydrogens is 264 g/mol. The van der Waals surface area contributed by atoms with Crippen molar-refractivity contribution in [1.82, 2.24) is 4.98 Å². The van der Waals surface area contributed by atoms with E-state index < -0.39 is 18.5 Å². The van der Waals surface area contributed by atoms with Crippen LogP contribution in [0.5, 0.6) is 5.75 Å². The minimum atomic E-state index is -1.27. The lowest BCUT2D eigenvalue weighted by Gasteiger charge is -2.09. The summed E-state index contributed by atoms with van der Waals surface area (Å²) in [6.07, 6.45) is 0. The van der Waals surface area contributed by atoms with Crippen molar-refractivity contribution >= 4 is 22.8 Å². The Bertz CT molecular complexity index is 748. The van der Waals surface area contributed by atoms with Crippen molar-refractivity contribution in [2.24, 2.45) is 0 Å². The SMILES string of the molecule is N#Cc1cccc2nc(C(=O)O)cc(OCC(=O)O)c12. The van der Waals surface area contributed by atoms with Crippen LogP contribution in [0.4, 0.5) is 0 Å². The smallest absolute Gasteiger partial charge is 0.354 e. The molecule has 2 aromatic rings. The molecule has 100 valence electrons. The number of aromatic carboxylic acids is 1. The summed E-state index contributed by atoms with van der Waals surface area (Å²) in [5, 5.41) is 26.9. The summed E-state index contributed by atoms with van der Waals surface area (Å²) >= 11 is 0. The first-order valence-corrected chi connectivity index (χ1v) is 5.44. The molecule has 2 N–H and O–H groups in total. The Hall–Kier alpha value is -3.14. The number of hydrogen-bond donors (Lipinski definition) is 2. The number of hydrogen-bond acceptors (Lipinski definition) is 5. The molecule has 0 amide bonds. The highest BCUT2D eigenvalue weighted by molar-refractivity contribution is 5.95. The van der Waals surface area contributed by atoms with Crippen LogP contribution in [0, 0.1) is 11.3 Å². The van der Waals surface area contributed by atoms with Gasteiger partial charge in [-0.15, -0.1) is 0 Å².